The van der Waals surface area contributed by atoms with E-state index in [1.165, 1.54) is 6.08 Å². The molecule has 4 N–H and O–H groups in total. The summed E-state index contributed by atoms with van der Waals surface area (Å²) in [5, 5.41) is 36.3. The van der Waals surface area contributed by atoms with Crippen molar-refractivity contribution in [2.75, 3.05) is 0 Å². The molecule has 0 aliphatic rings. The number of ether oxygens (including phenoxy) is 2. The van der Waals surface area contributed by atoms with E-state index in [-0.39, 0.29) is 0 Å². The topological polar surface area (TPSA) is 134 Å². The fourth-order valence-corrected chi connectivity index (χ4v) is 1.88. The van der Waals surface area contributed by atoms with Crippen LogP contribution >= 0.6 is 0 Å². The van der Waals surface area contributed by atoms with Gasteiger partial charge in [-0.2, -0.15) is 0 Å². The second-order valence-electron chi connectivity index (χ2n) is 5.85. The highest BCUT2D eigenvalue weighted by Gasteiger charge is 2.30. The summed E-state index contributed by atoms with van der Waals surface area (Å²) in [5.74, 6) is -8.54. The van der Waals surface area contributed by atoms with Crippen LogP contribution < -0.4 is 0 Å². The van der Waals surface area contributed by atoms with Crippen molar-refractivity contribution >= 4 is 11.9 Å². The third-order valence-electron chi connectivity index (χ3n) is 2.88. The second-order valence-corrected chi connectivity index (χ2v) is 5.85. The van der Waals surface area contributed by atoms with Crippen molar-refractivity contribution in [3.8, 4) is 0 Å². The minimum Gasteiger partial charge on any atom is -0.408 e. The van der Waals surface area contributed by atoms with Gasteiger partial charge in [-0.15, -0.1) is 0 Å². The average molecular weight is 348 g/mol. The maximum absolute atomic E-state index is 11.9. The first-order valence-electron chi connectivity index (χ1n) is 7.95. The van der Waals surface area contributed by atoms with E-state index in [1.54, 1.807) is 6.08 Å². The van der Waals surface area contributed by atoms with Crippen molar-refractivity contribution in [1.82, 2.24) is 0 Å². The number of rotatable bonds is 11. The lowest BCUT2D eigenvalue weighted by molar-refractivity contribution is -0.312. The number of carbonyl (C=O) groups excluding carboxylic acids is 2. The molecule has 0 radical (unpaired) electrons. The van der Waals surface area contributed by atoms with E-state index in [4.69, 9.17) is 20.4 Å². The van der Waals surface area contributed by atoms with Crippen LogP contribution in [0.2, 0.25) is 0 Å². The van der Waals surface area contributed by atoms with Gasteiger partial charge in [0.1, 0.15) is 0 Å². The smallest absolute Gasteiger partial charge is 0.321 e. The van der Waals surface area contributed by atoms with Crippen molar-refractivity contribution in [3.05, 3.63) is 12.2 Å². The van der Waals surface area contributed by atoms with Gasteiger partial charge in [-0.1, -0.05) is 38.3 Å². The molecule has 0 bridgehead atoms. The summed E-state index contributed by atoms with van der Waals surface area (Å²) in [6, 6.07) is 0. The van der Waals surface area contributed by atoms with Gasteiger partial charge in [0.15, 0.2) is 0 Å². The van der Waals surface area contributed by atoms with E-state index in [0.29, 0.717) is 6.42 Å². The fraction of sp³-hybridized carbons (Fsp3) is 0.750. The van der Waals surface area contributed by atoms with Gasteiger partial charge < -0.3 is 29.9 Å². The van der Waals surface area contributed by atoms with Gasteiger partial charge in [0.2, 0.25) is 0 Å². The summed E-state index contributed by atoms with van der Waals surface area (Å²) < 4.78 is 8.73. The molecule has 1 atom stereocenters. The molecule has 8 heteroatoms. The van der Waals surface area contributed by atoms with Crippen LogP contribution in [0.4, 0.5) is 0 Å². The molecule has 0 fully saturated rings. The molecular formula is C16H28O8. The van der Waals surface area contributed by atoms with Crippen LogP contribution in [0, 0.1) is 5.92 Å². The molecule has 140 valence electrons. The maximum atomic E-state index is 11.9. The Bertz CT molecular complexity index is 417. The third-order valence-corrected chi connectivity index (χ3v) is 2.88. The third kappa shape index (κ3) is 13.0. The molecule has 1 unspecified atom stereocenters. The Morgan fingerprint density at radius 2 is 1.58 bits per heavy atom. The summed E-state index contributed by atoms with van der Waals surface area (Å²) in [4.78, 5) is 23.5. The number of unbranched alkanes of at least 4 members (excludes halogenated alkanes) is 4. The lowest BCUT2D eigenvalue weighted by Crippen LogP contribution is -2.35. The van der Waals surface area contributed by atoms with E-state index in [1.807, 2.05) is 0 Å². The summed E-state index contributed by atoms with van der Waals surface area (Å²) in [5.41, 5.74) is 0. The summed E-state index contributed by atoms with van der Waals surface area (Å²) in [7, 11) is 0. The number of hydrogen-bond acceptors (Lipinski definition) is 8. The first kappa shape index (κ1) is 22.5. The van der Waals surface area contributed by atoms with E-state index < -0.39 is 36.2 Å². The Morgan fingerprint density at radius 3 is 2.08 bits per heavy atom. The van der Waals surface area contributed by atoms with Gasteiger partial charge in [0.05, 0.1) is 12.3 Å². The van der Waals surface area contributed by atoms with E-state index in [0.717, 1.165) is 39.5 Å². The Balaban J connectivity index is 4.74. The molecule has 0 aromatic carbocycles. The van der Waals surface area contributed by atoms with Crippen LogP contribution in [0.25, 0.3) is 0 Å². The molecule has 8 nitrogen and oxygen atoms in total. The Hall–Kier alpha value is -1.48. The average Bonchev–Trinajstić information content (AvgIpc) is 2.37. The molecule has 0 aliphatic carbocycles. The molecule has 0 aliphatic heterocycles. The standard InChI is InChI=1S/C16H28O8/c1-4-5-6-7-8-9-10-12(14(18)24-16(3,21)22)11-13(17)23-15(2,19)20/h9-10,12,19-22H,4-8,11H2,1-3H3/b10-9+. The largest absolute Gasteiger partial charge is 0.408 e. The van der Waals surface area contributed by atoms with Crippen molar-refractivity contribution in [1.29, 1.82) is 0 Å². The molecule has 0 saturated heterocycles. The number of aliphatic hydroxyl groups is 4. The van der Waals surface area contributed by atoms with Crippen molar-refractivity contribution in [2.45, 2.75) is 71.2 Å². The first-order chi connectivity index (χ1) is 10.9. The molecule has 0 spiro atoms. The Morgan fingerprint density at radius 1 is 1.00 bits per heavy atom. The number of carbonyl (C=O) groups is 2. The first-order valence-corrected chi connectivity index (χ1v) is 7.95. The van der Waals surface area contributed by atoms with Crippen molar-refractivity contribution < 1.29 is 39.5 Å². The zero-order valence-corrected chi connectivity index (χ0v) is 14.4. The predicted octanol–water partition coefficient (Wildman–Crippen LogP) is 0.922. The number of esters is 2. The van der Waals surface area contributed by atoms with Gasteiger partial charge >= 0.3 is 23.9 Å². The lowest BCUT2D eigenvalue weighted by Gasteiger charge is -2.21. The second kappa shape index (κ2) is 10.4. The van der Waals surface area contributed by atoms with Crippen LogP contribution in [0.5, 0.6) is 0 Å². The molecule has 0 aromatic rings. The number of hydrogen-bond donors (Lipinski definition) is 4. The van der Waals surface area contributed by atoms with Crippen LogP contribution in [0.15, 0.2) is 12.2 Å². The SMILES string of the molecule is CCCCCC/C=C/C(CC(=O)OC(C)(O)O)C(=O)OC(C)(O)O. The number of allylic oxidation sites excluding steroid dienone is 1. The summed E-state index contributed by atoms with van der Waals surface area (Å²) in [6.07, 6.45) is 7.41. The Kier molecular flexibility index (Phi) is 9.76. The summed E-state index contributed by atoms with van der Waals surface area (Å²) >= 11 is 0. The zero-order chi connectivity index (χ0) is 18.8. The van der Waals surface area contributed by atoms with Crippen molar-refractivity contribution in [2.24, 2.45) is 5.92 Å². The molecule has 0 rings (SSSR count). The highest BCUT2D eigenvalue weighted by molar-refractivity contribution is 5.81. The maximum Gasteiger partial charge on any atom is 0.321 e. The predicted molar refractivity (Wildman–Crippen MR) is 83.9 cm³/mol. The molecule has 0 amide bonds. The van der Waals surface area contributed by atoms with E-state index >= 15 is 0 Å². The molecule has 0 aromatic heterocycles. The van der Waals surface area contributed by atoms with Crippen LogP contribution in [0.3, 0.4) is 0 Å². The van der Waals surface area contributed by atoms with Gasteiger partial charge in [-0.05, 0) is 12.8 Å². The van der Waals surface area contributed by atoms with Crippen molar-refractivity contribution in [3.63, 3.8) is 0 Å². The van der Waals surface area contributed by atoms with Gasteiger partial charge in [-0.25, -0.2) is 0 Å². The Labute approximate surface area is 141 Å². The van der Waals surface area contributed by atoms with Crippen LogP contribution in [-0.2, 0) is 19.1 Å². The van der Waals surface area contributed by atoms with Gasteiger partial charge in [0, 0.05) is 13.8 Å². The minimum absolute atomic E-state index is 0.531. The van der Waals surface area contributed by atoms with E-state index in [2.05, 4.69) is 16.4 Å². The highest BCUT2D eigenvalue weighted by Crippen LogP contribution is 2.16. The highest BCUT2D eigenvalue weighted by atomic mass is 16.8. The molecular weight excluding hydrogens is 320 g/mol. The fourth-order valence-electron chi connectivity index (χ4n) is 1.88. The van der Waals surface area contributed by atoms with Gasteiger partial charge in [0.25, 0.3) is 0 Å². The molecule has 24 heavy (non-hydrogen) atoms. The quantitative estimate of drug-likeness (QED) is 0.187. The normalized spacial score (nSPS) is 13.8. The monoisotopic (exact) mass is 348 g/mol. The minimum atomic E-state index is -2.67. The van der Waals surface area contributed by atoms with Crippen LogP contribution in [0.1, 0.15) is 59.3 Å². The van der Waals surface area contributed by atoms with Gasteiger partial charge in [-0.3, -0.25) is 9.59 Å². The van der Waals surface area contributed by atoms with E-state index in [9.17, 15) is 9.59 Å². The molecule has 0 heterocycles. The lowest BCUT2D eigenvalue weighted by atomic mass is 10.0. The van der Waals surface area contributed by atoms with Crippen LogP contribution in [-0.4, -0.2) is 44.3 Å². The zero-order valence-electron chi connectivity index (χ0n) is 14.4. The summed E-state index contributed by atoms with van der Waals surface area (Å²) in [6.45, 7) is 3.79. The molecule has 0 saturated carbocycles.